The fourth-order valence-corrected chi connectivity index (χ4v) is 5.23. The Labute approximate surface area is 308 Å². The highest BCUT2D eigenvalue weighted by molar-refractivity contribution is 6.13. The molecular formula is C32H43NO21. The third-order valence-electron chi connectivity index (χ3n) is 7.15. The van der Waals surface area contributed by atoms with Gasteiger partial charge in [-0.05, 0) is 0 Å². The van der Waals surface area contributed by atoms with Crippen LogP contribution in [0.1, 0.15) is 48.5 Å². The lowest BCUT2D eigenvalue weighted by molar-refractivity contribution is -0.348. The van der Waals surface area contributed by atoms with Gasteiger partial charge in [0.15, 0.2) is 36.3 Å². The highest BCUT2D eigenvalue weighted by atomic mass is 16.8. The van der Waals surface area contributed by atoms with E-state index in [0.717, 1.165) is 68.9 Å². The zero-order chi connectivity index (χ0) is 40.9. The summed E-state index contributed by atoms with van der Waals surface area (Å²) in [4.78, 5) is 110. The minimum Gasteiger partial charge on any atom is -0.465 e. The number of carbonyl (C=O) groups excluding carboxylic acids is 9. The molecule has 0 radical (unpaired) electrons. The van der Waals surface area contributed by atoms with Gasteiger partial charge in [0, 0.05) is 54.7 Å². The zero-order valence-electron chi connectivity index (χ0n) is 30.8. The quantitative estimate of drug-likeness (QED) is 0.0646. The van der Waals surface area contributed by atoms with Gasteiger partial charge in [0.1, 0.15) is 37.6 Å². The van der Waals surface area contributed by atoms with Crippen molar-refractivity contribution in [1.29, 1.82) is 0 Å². The van der Waals surface area contributed by atoms with E-state index in [0.29, 0.717) is 0 Å². The second-order valence-electron chi connectivity index (χ2n) is 11.4. The maximum Gasteiger partial charge on any atom is 0.346 e. The molecule has 2 saturated heterocycles. The van der Waals surface area contributed by atoms with Gasteiger partial charge in [-0.2, -0.15) is 0 Å². The number of carbonyl (C=O) groups is 9. The first kappa shape index (κ1) is 44.8. The number of esters is 9. The van der Waals surface area contributed by atoms with Crippen LogP contribution < -0.4 is 5.32 Å². The van der Waals surface area contributed by atoms with Crippen molar-refractivity contribution in [2.75, 3.05) is 27.4 Å². The summed E-state index contributed by atoms with van der Waals surface area (Å²) in [6, 6.07) is -1.58. The molecule has 0 amide bonds. The van der Waals surface area contributed by atoms with E-state index >= 15 is 0 Å². The minimum atomic E-state index is -1.89. The average molecular weight is 778 g/mol. The Balaban J connectivity index is 2.85. The molecule has 10 atom stereocenters. The summed E-state index contributed by atoms with van der Waals surface area (Å²) in [6.07, 6.45) is -14.3. The van der Waals surface area contributed by atoms with E-state index in [1.165, 1.54) is 0 Å². The third kappa shape index (κ3) is 13.3. The van der Waals surface area contributed by atoms with E-state index < -0.39 is 134 Å². The van der Waals surface area contributed by atoms with Crippen molar-refractivity contribution in [2.45, 2.75) is 110 Å². The smallest absolute Gasteiger partial charge is 0.346 e. The van der Waals surface area contributed by atoms with Gasteiger partial charge in [0.05, 0.1) is 14.2 Å². The summed E-state index contributed by atoms with van der Waals surface area (Å²) >= 11 is 0. The van der Waals surface area contributed by atoms with Crippen molar-refractivity contribution in [1.82, 2.24) is 5.32 Å². The Hall–Kier alpha value is -5.35. The Morgan fingerprint density at radius 1 is 0.500 bits per heavy atom. The van der Waals surface area contributed by atoms with E-state index in [1.54, 1.807) is 0 Å². The Kier molecular flexibility index (Phi) is 17.2. The molecule has 2 heterocycles. The van der Waals surface area contributed by atoms with Gasteiger partial charge in [-0.15, -0.1) is 0 Å². The first-order chi connectivity index (χ1) is 25.3. The molecule has 1 N–H and O–H groups in total. The van der Waals surface area contributed by atoms with Crippen molar-refractivity contribution in [2.24, 2.45) is 0 Å². The van der Waals surface area contributed by atoms with Gasteiger partial charge in [0.25, 0.3) is 0 Å². The molecule has 0 aromatic carbocycles. The predicted molar refractivity (Wildman–Crippen MR) is 168 cm³/mol. The van der Waals surface area contributed by atoms with Crippen molar-refractivity contribution in [3.63, 3.8) is 0 Å². The van der Waals surface area contributed by atoms with Crippen LogP contribution >= 0.6 is 0 Å². The van der Waals surface area contributed by atoms with Crippen LogP contribution in [0.2, 0.25) is 0 Å². The maximum atomic E-state index is 12.6. The van der Waals surface area contributed by atoms with Crippen molar-refractivity contribution in [3.05, 3.63) is 11.8 Å². The number of hydrogen-bond acceptors (Lipinski definition) is 22. The van der Waals surface area contributed by atoms with Gasteiger partial charge < -0.3 is 62.2 Å². The molecule has 54 heavy (non-hydrogen) atoms. The fraction of sp³-hybridized carbons (Fsp3) is 0.656. The SMILES string of the molecule is COC(=O)C(=CNC1[C@@H](OC(C)=O)OC(COC(C)=O)[C@@H](O[C@@H]2OC(COC(C)=O)[C@H](OC(C)=O)[C@H](OC(C)=O)C2OC(C)=O)[C@@H]1OC(C)=O)C(=O)OC. The Bertz CT molecular complexity index is 1440. The largest absolute Gasteiger partial charge is 0.465 e. The first-order valence-electron chi connectivity index (χ1n) is 16.0. The van der Waals surface area contributed by atoms with Crippen LogP contribution in [0, 0.1) is 0 Å². The topological polar surface area (TPSA) is 276 Å². The lowest BCUT2D eigenvalue weighted by Crippen LogP contribution is -2.68. The molecule has 0 spiro atoms. The highest BCUT2D eigenvalue weighted by Gasteiger charge is 2.57. The van der Waals surface area contributed by atoms with Gasteiger partial charge in [-0.25, -0.2) is 9.59 Å². The van der Waals surface area contributed by atoms with Crippen LogP contribution in [0.25, 0.3) is 0 Å². The van der Waals surface area contributed by atoms with Crippen molar-refractivity contribution >= 4 is 53.7 Å². The van der Waals surface area contributed by atoms with Gasteiger partial charge in [0.2, 0.25) is 6.29 Å². The Morgan fingerprint density at radius 2 is 0.907 bits per heavy atom. The van der Waals surface area contributed by atoms with E-state index in [2.05, 4.69) is 14.8 Å². The third-order valence-corrected chi connectivity index (χ3v) is 7.15. The molecule has 0 aromatic rings. The molecule has 0 saturated carbocycles. The molecule has 302 valence electrons. The molecule has 4 unspecified atom stereocenters. The average Bonchev–Trinajstić information content (AvgIpc) is 3.06. The summed E-state index contributed by atoms with van der Waals surface area (Å²) in [5.41, 5.74) is -0.706. The normalized spacial score (nSPS) is 27.4. The standard InChI is InChI=1S/C32H43NO21/c1-13(34)45-11-21-24(26(48-16(4)37)23(31(52-21)51-19(7)40)33-10-20(29(41)43-8)30(42)44-9)54-32-28(50-18(6)39)27(49-17(5)38)25(47-15(3)36)22(53-32)12-46-14(2)35/h10,21-28,31-33H,11-12H2,1-9H3/t21?,22?,23?,24-,25+,26-,27+,28?,31+,32+/m1/s1. The fourth-order valence-electron chi connectivity index (χ4n) is 5.23. The molecule has 0 bridgehead atoms. The number of hydrogen-bond donors (Lipinski definition) is 1. The van der Waals surface area contributed by atoms with Gasteiger partial charge in [-0.3, -0.25) is 33.6 Å². The van der Waals surface area contributed by atoms with Gasteiger partial charge >= 0.3 is 53.7 Å². The highest BCUT2D eigenvalue weighted by Crippen LogP contribution is 2.35. The lowest BCUT2D eigenvalue weighted by atomic mass is 9.94. The molecule has 2 aliphatic rings. The van der Waals surface area contributed by atoms with Crippen molar-refractivity contribution < 1.29 is 100.0 Å². The second-order valence-corrected chi connectivity index (χ2v) is 11.4. The predicted octanol–water partition coefficient (Wildman–Crippen LogP) is -1.57. The van der Waals surface area contributed by atoms with Crippen molar-refractivity contribution in [3.8, 4) is 0 Å². The summed E-state index contributed by atoms with van der Waals surface area (Å²) in [7, 11) is 1.95. The van der Waals surface area contributed by atoms with E-state index in [1.807, 2.05) is 0 Å². The lowest BCUT2D eigenvalue weighted by Gasteiger charge is -2.48. The maximum absolute atomic E-state index is 12.6. The number of methoxy groups -OCH3 is 2. The summed E-state index contributed by atoms with van der Waals surface area (Å²) in [6.45, 7) is 5.83. The second kappa shape index (κ2) is 20.8. The number of nitrogens with one attached hydrogen (secondary N) is 1. The van der Waals surface area contributed by atoms with Crippen LogP contribution in [-0.4, -0.2) is 143 Å². The first-order valence-corrected chi connectivity index (χ1v) is 16.0. The van der Waals surface area contributed by atoms with Gasteiger partial charge in [-0.1, -0.05) is 0 Å². The number of rotatable bonds is 15. The number of ether oxygens (including phenoxy) is 12. The van der Waals surface area contributed by atoms with E-state index in [-0.39, 0.29) is 0 Å². The molecular weight excluding hydrogens is 734 g/mol. The molecule has 22 heteroatoms. The monoisotopic (exact) mass is 777 g/mol. The van der Waals surface area contributed by atoms with Crippen LogP contribution in [0.4, 0.5) is 0 Å². The molecule has 0 aromatic heterocycles. The summed E-state index contributed by atoms with van der Waals surface area (Å²) in [5, 5.41) is 2.62. The van der Waals surface area contributed by atoms with Crippen LogP contribution in [-0.2, 0) is 100.0 Å². The molecule has 0 aliphatic carbocycles. The molecule has 2 rings (SSSR count). The molecule has 22 nitrogen and oxygen atoms in total. The summed E-state index contributed by atoms with van der Waals surface area (Å²) < 4.78 is 65.0. The van der Waals surface area contributed by atoms with Crippen LogP contribution in [0.15, 0.2) is 11.8 Å². The molecule has 2 aliphatic heterocycles. The van der Waals surface area contributed by atoms with E-state index in [4.69, 9.17) is 47.4 Å². The molecule has 2 fully saturated rings. The Morgan fingerprint density at radius 3 is 1.35 bits per heavy atom. The zero-order valence-corrected chi connectivity index (χ0v) is 30.8. The minimum absolute atomic E-state index is 0.629. The van der Waals surface area contributed by atoms with E-state index in [9.17, 15) is 43.2 Å². The summed E-state index contributed by atoms with van der Waals surface area (Å²) in [5.74, 6) is -8.66. The van der Waals surface area contributed by atoms with Crippen LogP contribution in [0.3, 0.4) is 0 Å². The van der Waals surface area contributed by atoms with Crippen LogP contribution in [0.5, 0.6) is 0 Å².